The summed E-state index contributed by atoms with van der Waals surface area (Å²) >= 11 is 0. The Kier molecular flexibility index (Phi) is 4.91. The molecule has 5 rings (SSSR count). The number of carbonyl (C=O) groups excluding carboxylic acids is 1. The van der Waals surface area contributed by atoms with Crippen LogP contribution < -0.4 is 0 Å². The fourth-order valence-electron chi connectivity index (χ4n) is 5.18. The van der Waals surface area contributed by atoms with Crippen molar-refractivity contribution in [1.29, 1.82) is 0 Å². The topological polar surface area (TPSA) is 32.8 Å². The second-order valence-electron chi connectivity index (χ2n) is 8.31. The summed E-state index contributed by atoms with van der Waals surface area (Å²) in [6.45, 7) is 3.52. The van der Waals surface area contributed by atoms with Gasteiger partial charge in [0.1, 0.15) is 0 Å². The Morgan fingerprint density at radius 1 is 0.929 bits per heavy atom. The fraction of sp³-hybridized carbons (Fsp3) is 0.458. The maximum Gasteiger partial charge on any atom is 0.237 e. The standard InChI is InChI=1S/C24H28N2O2/c27-24(26-13-14-28-23-12-6-5-11-22(23)26)17-25-15-18-7-1-3-9-20(18)21-10-4-2-8-19(21)16-25/h1-4,7-10,22-23H,5-6,11-17H2. The molecule has 28 heavy (non-hydrogen) atoms. The van der Waals surface area contributed by atoms with Crippen molar-refractivity contribution in [3.63, 3.8) is 0 Å². The van der Waals surface area contributed by atoms with Crippen molar-refractivity contribution in [2.45, 2.75) is 50.9 Å². The third kappa shape index (κ3) is 3.36. The molecule has 146 valence electrons. The van der Waals surface area contributed by atoms with Gasteiger partial charge in [0, 0.05) is 19.6 Å². The highest BCUT2D eigenvalue weighted by atomic mass is 16.5. The second-order valence-corrected chi connectivity index (χ2v) is 8.31. The van der Waals surface area contributed by atoms with Gasteiger partial charge in [0.15, 0.2) is 0 Å². The number of amides is 1. The van der Waals surface area contributed by atoms with E-state index in [0.29, 0.717) is 13.2 Å². The van der Waals surface area contributed by atoms with E-state index in [-0.39, 0.29) is 18.1 Å². The maximum atomic E-state index is 13.3. The third-order valence-corrected chi connectivity index (χ3v) is 6.52. The van der Waals surface area contributed by atoms with E-state index in [1.54, 1.807) is 0 Å². The largest absolute Gasteiger partial charge is 0.374 e. The lowest BCUT2D eigenvalue weighted by atomic mass is 9.90. The Morgan fingerprint density at radius 3 is 2.29 bits per heavy atom. The molecule has 0 spiro atoms. The van der Waals surface area contributed by atoms with Crippen LogP contribution in [0.5, 0.6) is 0 Å². The highest BCUT2D eigenvalue weighted by Gasteiger charge is 2.37. The summed E-state index contributed by atoms with van der Waals surface area (Å²) < 4.78 is 5.96. The molecule has 2 unspecified atom stereocenters. The molecule has 1 saturated carbocycles. The van der Waals surface area contributed by atoms with Crippen LogP contribution in [-0.2, 0) is 22.6 Å². The molecule has 2 heterocycles. The maximum absolute atomic E-state index is 13.3. The molecule has 0 radical (unpaired) electrons. The van der Waals surface area contributed by atoms with Crippen molar-refractivity contribution >= 4 is 5.91 Å². The highest BCUT2D eigenvalue weighted by molar-refractivity contribution is 5.79. The van der Waals surface area contributed by atoms with Crippen LogP contribution in [0, 0.1) is 0 Å². The van der Waals surface area contributed by atoms with Gasteiger partial charge in [0.2, 0.25) is 5.91 Å². The van der Waals surface area contributed by atoms with Gasteiger partial charge in [-0.1, -0.05) is 61.4 Å². The van der Waals surface area contributed by atoms with Crippen molar-refractivity contribution in [1.82, 2.24) is 9.80 Å². The highest BCUT2D eigenvalue weighted by Crippen LogP contribution is 2.33. The smallest absolute Gasteiger partial charge is 0.237 e. The minimum atomic E-state index is 0.247. The SMILES string of the molecule is O=C(CN1Cc2ccccc2-c2ccccc2C1)N1CCOC2CCCCC21. The lowest BCUT2D eigenvalue weighted by Crippen LogP contribution is -2.56. The number of carbonyl (C=O) groups is 1. The molecule has 2 aliphatic heterocycles. The minimum Gasteiger partial charge on any atom is -0.374 e. The van der Waals surface area contributed by atoms with Gasteiger partial charge in [-0.05, 0) is 35.1 Å². The van der Waals surface area contributed by atoms with E-state index < -0.39 is 0 Å². The average Bonchev–Trinajstić information content (AvgIpc) is 2.89. The van der Waals surface area contributed by atoms with E-state index >= 15 is 0 Å². The van der Waals surface area contributed by atoms with Gasteiger partial charge >= 0.3 is 0 Å². The van der Waals surface area contributed by atoms with E-state index in [1.165, 1.54) is 35.1 Å². The molecule has 2 fully saturated rings. The number of fused-ring (bicyclic) bond motifs is 4. The molecule has 2 aromatic carbocycles. The van der Waals surface area contributed by atoms with Crippen LogP contribution in [0.25, 0.3) is 11.1 Å². The molecule has 0 N–H and O–H groups in total. The molecule has 4 heteroatoms. The first-order valence-corrected chi connectivity index (χ1v) is 10.6. The van der Waals surface area contributed by atoms with Gasteiger partial charge in [-0.3, -0.25) is 9.69 Å². The van der Waals surface area contributed by atoms with Gasteiger partial charge in [-0.2, -0.15) is 0 Å². The minimum absolute atomic E-state index is 0.247. The van der Waals surface area contributed by atoms with Crippen molar-refractivity contribution in [2.24, 2.45) is 0 Å². The molecule has 4 nitrogen and oxygen atoms in total. The molecule has 2 atom stereocenters. The Hall–Kier alpha value is -2.17. The molecular weight excluding hydrogens is 348 g/mol. The van der Waals surface area contributed by atoms with Crippen molar-refractivity contribution in [2.75, 3.05) is 19.7 Å². The van der Waals surface area contributed by atoms with E-state index in [9.17, 15) is 4.79 Å². The van der Waals surface area contributed by atoms with Gasteiger partial charge < -0.3 is 9.64 Å². The normalized spacial score (nSPS) is 24.6. The van der Waals surface area contributed by atoms with Gasteiger partial charge in [-0.25, -0.2) is 0 Å². The predicted molar refractivity (Wildman–Crippen MR) is 110 cm³/mol. The molecular formula is C24H28N2O2. The summed E-state index contributed by atoms with van der Waals surface area (Å²) in [6, 6.07) is 17.5. The quantitative estimate of drug-likeness (QED) is 0.798. The molecule has 1 amide bonds. The molecule has 3 aliphatic rings. The molecule has 1 saturated heterocycles. The summed E-state index contributed by atoms with van der Waals surface area (Å²) in [7, 11) is 0. The summed E-state index contributed by atoms with van der Waals surface area (Å²) in [5, 5.41) is 0. The summed E-state index contributed by atoms with van der Waals surface area (Å²) in [6.07, 6.45) is 4.86. The number of hydrogen-bond donors (Lipinski definition) is 0. The van der Waals surface area contributed by atoms with Crippen LogP contribution in [-0.4, -0.2) is 47.5 Å². The molecule has 0 bridgehead atoms. The number of benzene rings is 2. The summed E-state index contributed by atoms with van der Waals surface area (Å²) in [5.41, 5.74) is 5.20. The van der Waals surface area contributed by atoms with E-state index in [0.717, 1.165) is 32.5 Å². The number of nitrogens with zero attached hydrogens (tertiary/aromatic N) is 2. The Labute approximate surface area is 167 Å². The third-order valence-electron chi connectivity index (χ3n) is 6.52. The zero-order valence-electron chi connectivity index (χ0n) is 16.3. The van der Waals surface area contributed by atoms with Crippen molar-refractivity contribution < 1.29 is 9.53 Å². The van der Waals surface area contributed by atoms with Crippen molar-refractivity contribution in [3.8, 4) is 11.1 Å². The van der Waals surface area contributed by atoms with Crippen LogP contribution in [0.3, 0.4) is 0 Å². The monoisotopic (exact) mass is 376 g/mol. The van der Waals surface area contributed by atoms with Gasteiger partial charge in [0.25, 0.3) is 0 Å². The fourth-order valence-corrected chi connectivity index (χ4v) is 5.18. The van der Waals surface area contributed by atoms with Gasteiger partial charge in [0.05, 0.1) is 25.3 Å². The average molecular weight is 377 g/mol. The van der Waals surface area contributed by atoms with Crippen LogP contribution in [0.1, 0.15) is 36.8 Å². The van der Waals surface area contributed by atoms with Gasteiger partial charge in [-0.15, -0.1) is 0 Å². The first kappa shape index (κ1) is 17.9. The zero-order chi connectivity index (χ0) is 18.9. The lowest BCUT2D eigenvalue weighted by Gasteiger charge is -2.44. The lowest BCUT2D eigenvalue weighted by molar-refractivity contribution is -0.150. The predicted octanol–water partition coefficient (Wildman–Crippen LogP) is 3.84. The van der Waals surface area contributed by atoms with Crippen LogP contribution in [0.15, 0.2) is 48.5 Å². The summed E-state index contributed by atoms with van der Waals surface area (Å²) in [5.74, 6) is 0.261. The first-order valence-electron chi connectivity index (χ1n) is 10.6. The van der Waals surface area contributed by atoms with Crippen LogP contribution in [0.2, 0.25) is 0 Å². The van der Waals surface area contributed by atoms with E-state index in [1.807, 2.05) is 0 Å². The number of hydrogen-bond acceptors (Lipinski definition) is 3. The Balaban J connectivity index is 1.38. The van der Waals surface area contributed by atoms with Crippen LogP contribution >= 0.6 is 0 Å². The number of ether oxygens (including phenoxy) is 1. The van der Waals surface area contributed by atoms with Crippen molar-refractivity contribution in [3.05, 3.63) is 59.7 Å². The molecule has 2 aromatic rings. The summed E-state index contributed by atoms with van der Waals surface area (Å²) in [4.78, 5) is 17.7. The van der Waals surface area contributed by atoms with E-state index in [2.05, 4.69) is 58.3 Å². The Bertz CT molecular complexity index is 816. The first-order chi connectivity index (χ1) is 13.8. The van der Waals surface area contributed by atoms with Crippen LogP contribution in [0.4, 0.5) is 0 Å². The number of morpholine rings is 1. The zero-order valence-corrected chi connectivity index (χ0v) is 16.3. The second kappa shape index (κ2) is 7.69. The Morgan fingerprint density at radius 2 is 1.57 bits per heavy atom. The molecule has 0 aromatic heterocycles. The molecule has 1 aliphatic carbocycles. The van der Waals surface area contributed by atoms with E-state index in [4.69, 9.17) is 4.74 Å². The number of rotatable bonds is 2.